The van der Waals surface area contributed by atoms with Crippen molar-refractivity contribution in [3.8, 4) is 0 Å². The minimum absolute atomic E-state index is 0.0313. The Labute approximate surface area is 122 Å². The van der Waals surface area contributed by atoms with Crippen molar-refractivity contribution in [2.45, 2.75) is 39.3 Å². The van der Waals surface area contributed by atoms with Gasteiger partial charge in [0.15, 0.2) is 5.82 Å². The summed E-state index contributed by atoms with van der Waals surface area (Å²) in [7, 11) is 0. The molecule has 6 heteroatoms. The molecule has 108 valence electrons. The third-order valence-electron chi connectivity index (χ3n) is 2.97. The highest BCUT2D eigenvalue weighted by molar-refractivity contribution is 6.31. The van der Waals surface area contributed by atoms with Gasteiger partial charge in [0.2, 0.25) is 5.89 Å². The van der Waals surface area contributed by atoms with Crippen molar-refractivity contribution in [1.82, 2.24) is 15.5 Å². The van der Waals surface area contributed by atoms with Crippen LogP contribution >= 0.6 is 11.6 Å². The van der Waals surface area contributed by atoms with Crippen LogP contribution in [0.4, 0.5) is 4.39 Å². The molecule has 1 atom stereocenters. The molecule has 2 rings (SSSR count). The van der Waals surface area contributed by atoms with Gasteiger partial charge in [-0.25, -0.2) is 4.39 Å². The van der Waals surface area contributed by atoms with E-state index in [-0.39, 0.29) is 11.9 Å². The fourth-order valence-corrected chi connectivity index (χ4v) is 2.22. The normalized spacial score (nSPS) is 12.6. The lowest BCUT2D eigenvalue weighted by molar-refractivity contribution is 0.369. The molecule has 0 unspecified atom stereocenters. The Bertz CT molecular complexity index is 573. The van der Waals surface area contributed by atoms with E-state index in [9.17, 15) is 4.39 Å². The lowest BCUT2D eigenvalue weighted by atomic mass is 10.1. The summed E-state index contributed by atoms with van der Waals surface area (Å²) in [6, 6.07) is 4.35. The van der Waals surface area contributed by atoms with Gasteiger partial charge in [0.1, 0.15) is 5.82 Å². The molecule has 1 heterocycles. The molecule has 0 bridgehead atoms. The maximum Gasteiger partial charge on any atom is 0.226 e. The maximum absolute atomic E-state index is 13.0. The predicted octanol–water partition coefficient (Wildman–Crippen LogP) is 3.67. The average molecular weight is 298 g/mol. The maximum atomic E-state index is 13.0. The lowest BCUT2D eigenvalue weighted by Crippen LogP contribution is -2.19. The van der Waals surface area contributed by atoms with Crippen LogP contribution in [0.5, 0.6) is 0 Å². The number of nitrogens with zero attached hydrogens (tertiary/aromatic N) is 2. The number of halogens is 2. The van der Waals surface area contributed by atoms with E-state index in [0.29, 0.717) is 23.3 Å². The highest BCUT2D eigenvalue weighted by Gasteiger charge is 2.12. The van der Waals surface area contributed by atoms with Crippen LogP contribution < -0.4 is 5.32 Å². The smallest absolute Gasteiger partial charge is 0.226 e. The minimum atomic E-state index is -0.340. The van der Waals surface area contributed by atoms with E-state index in [2.05, 4.69) is 22.4 Å². The van der Waals surface area contributed by atoms with Gasteiger partial charge < -0.3 is 9.84 Å². The fourth-order valence-electron chi connectivity index (χ4n) is 1.88. The minimum Gasteiger partial charge on any atom is -0.339 e. The second-order valence-corrected chi connectivity index (χ2v) is 5.03. The van der Waals surface area contributed by atoms with Gasteiger partial charge in [-0.05, 0) is 31.0 Å². The summed E-state index contributed by atoms with van der Waals surface area (Å²) in [5.41, 5.74) is 0.838. The second-order valence-electron chi connectivity index (χ2n) is 4.62. The fraction of sp³-hybridized carbons (Fsp3) is 0.429. The number of aromatic nitrogens is 2. The van der Waals surface area contributed by atoms with Gasteiger partial charge in [-0.2, -0.15) is 4.98 Å². The van der Waals surface area contributed by atoms with Gasteiger partial charge in [-0.3, -0.25) is 0 Å². The second kappa shape index (κ2) is 6.81. The van der Waals surface area contributed by atoms with Crippen molar-refractivity contribution >= 4 is 11.6 Å². The van der Waals surface area contributed by atoms with E-state index in [1.807, 2.05) is 6.92 Å². The van der Waals surface area contributed by atoms with E-state index in [1.165, 1.54) is 12.1 Å². The van der Waals surface area contributed by atoms with Crippen LogP contribution in [0.2, 0.25) is 5.02 Å². The first-order chi connectivity index (χ1) is 9.60. The van der Waals surface area contributed by atoms with Crippen LogP contribution in [-0.2, 0) is 13.0 Å². The summed E-state index contributed by atoms with van der Waals surface area (Å²) >= 11 is 6.02. The zero-order chi connectivity index (χ0) is 14.5. The van der Waals surface area contributed by atoms with Crippen molar-refractivity contribution in [1.29, 1.82) is 0 Å². The number of benzene rings is 1. The van der Waals surface area contributed by atoms with Crippen molar-refractivity contribution in [3.05, 3.63) is 46.3 Å². The highest BCUT2D eigenvalue weighted by Crippen LogP contribution is 2.23. The zero-order valence-electron chi connectivity index (χ0n) is 11.5. The molecule has 0 saturated heterocycles. The van der Waals surface area contributed by atoms with E-state index >= 15 is 0 Å². The molecule has 0 aliphatic heterocycles. The number of nitrogens with one attached hydrogen (secondary N) is 1. The molecular formula is C14H17ClFN3O. The Balaban J connectivity index is 1.95. The van der Waals surface area contributed by atoms with Gasteiger partial charge in [-0.1, -0.05) is 29.7 Å². The Hall–Kier alpha value is -1.46. The summed E-state index contributed by atoms with van der Waals surface area (Å²) in [5, 5.41) is 7.54. The zero-order valence-corrected chi connectivity index (χ0v) is 12.2. The summed E-state index contributed by atoms with van der Waals surface area (Å²) in [4.78, 5) is 4.27. The average Bonchev–Trinajstić information content (AvgIpc) is 2.84. The Morgan fingerprint density at radius 1 is 1.45 bits per heavy atom. The monoisotopic (exact) mass is 297 g/mol. The van der Waals surface area contributed by atoms with E-state index in [4.69, 9.17) is 16.1 Å². The molecule has 0 spiro atoms. The largest absolute Gasteiger partial charge is 0.339 e. The first kappa shape index (κ1) is 14.9. The molecule has 0 fully saturated rings. The number of hydrogen-bond acceptors (Lipinski definition) is 4. The molecule has 1 aromatic heterocycles. The Kier molecular flexibility index (Phi) is 5.09. The van der Waals surface area contributed by atoms with E-state index < -0.39 is 0 Å². The first-order valence-corrected chi connectivity index (χ1v) is 6.97. The first-order valence-electron chi connectivity index (χ1n) is 6.60. The van der Waals surface area contributed by atoms with E-state index in [0.717, 1.165) is 18.4 Å². The Morgan fingerprint density at radius 3 is 2.95 bits per heavy atom. The molecule has 0 amide bonds. The molecule has 2 aromatic rings. The highest BCUT2D eigenvalue weighted by atomic mass is 35.5. The predicted molar refractivity (Wildman–Crippen MR) is 75.0 cm³/mol. The van der Waals surface area contributed by atoms with Crippen molar-refractivity contribution in [2.75, 3.05) is 0 Å². The molecule has 0 aliphatic carbocycles. The molecule has 0 saturated carbocycles. The lowest BCUT2D eigenvalue weighted by Gasteiger charge is -2.14. The number of hydrogen-bond donors (Lipinski definition) is 1. The molecule has 1 N–H and O–H groups in total. The quantitative estimate of drug-likeness (QED) is 0.884. The molecular weight excluding hydrogens is 281 g/mol. The summed E-state index contributed by atoms with van der Waals surface area (Å²) in [6.07, 6.45) is 1.75. The SMILES string of the molecule is CCCc1nc(CN[C@H](C)c2ccc(F)cc2Cl)no1. The van der Waals surface area contributed by atoms with Crippen LogP contribution in [0.1, 0.15) is 43.6 Å². The van der Waals surface area contributed by atoms with Crippen molar-refractivity contribution < 1.29 is 8.91 Å². The van der Waals surface area contributed by atoms with Crippen LogP contribution in [-0.4, -0.2) is 10.1 Å². The van der Waals surface area contributed by atoms with Crippen molar-refractivity contribution in [2.24, 2.45) is 0 Å². The molecule has 0 radical (unpaired) electrons. The van der Waals surface area contributed by atoms with Gasteiger partial charge in [0.25, 0.3) is 0 Å². The topological polar surface area (TPSA) is 51.0 Å². The summed E-state index contributed by atoms with van der Waals surface area (Å²) in [6.45, 7) is 4.48. The van der Waals surface area contributed by atoms with Gasteiger partial charge in [0, 0.05) is 17.5 Å². The van der Waals surface area contributed by atoms with Gasteiger partial charge >= 0.3 is 0 Å². The number of rotatable bonds is 6. The summed E-state index contributed by atoms with van der Waals surface area (Å²) < 4.78 is 18.1. The third-order valence-corrected chi connectivity index (χ3v) is 3.30. The van der Waals surface area contributed by atoms with Crippen LogP contribution in [0, 0.1) is 5.82 Å². The standard InChI is InChI=1S/C14H17ClFN3O/c1-3-4-14-18-13(19-20-14)8-17-9(2)11-6-5-10(16)7-12(11)15/h5-7,9,17H,3-4,8H2,1-2H3/t9-/m1/s1. The van der Waals surface area contributed by atoms with E-state index in [1.54, 1.807) is 6.07 Å². The molecule has 1 aromatic carbocycles. The summed E-state index contributed by atoms with van der Waals surface area (Å²) in [5.74, 6) is 0.920. The molecule has 4 nitrogen and oxygen atoms in total. The third kappa shape index (κ3) is 3.77. The number of aryl methyl sites for hydroxylation is 1. The van der Waals surface area contributed by atoms with Crippen LogP contribution in [0.3, 0.4) is 0 Å². The van der Waals surface area contributed by atoms with Crippen LogP contribution in [0.25, 0.3) is 0 Å². The van der Waals surface area contributed by atoms with Gasteiger partial charge in [-0.15, -0.1) is 0 Å². The Morgan fingerprint density at radius 2 is 2.25 bits per heavy atom. The van der Waals surface area contributed by atoms with Crippen LogP contribution in [0.15, 0.2) is 22.7 Å². The molecule has 20 heavy (non-hydrogen) atoms. The molecule has 0 aliphatic rings. The van der Waals surface area contributed by atoms with Gasteiger partial charge in [0.05, 0.1) is 6.54 Å². The van der Waals surface area contributed by atoms with Crippen molar-refractivity contribution in [3.63, 3.8) is 0 Å².